The molecule has 1 aliphatic rings. The molecule has 0 fully saturated rings. The number of benzene rings is 1. The van der Waals surface area contributed by atoms with E-state index >= 15 is 0 Å². The van der Waals surface area contributed by atoms with Crippen molar-refractivity contribution in [2.45, 2.75) is 19.5 Å². The Kier molecular flexibility index (Phi) is 4.58. The van der Waals surface area contributed by atoms with E-state index in [1.165, 1.54) is 6.33 Å². The third kappa shape index (κ3) is 3.11. The molecular formula is C24H20N8O2. The van der Waals surface area contributed by atoms with Crippen molar-refractivity contribution in [2.75, 3.05) is 0 Å². The van der Waals surface area contributed by atoms with Gasteiger partial charge in [0.25, 0.3) is 11.8 Å². The lowest BCUT2D eigenvalue weighted by Gasteiger charge is -2.03. The zero-order valence-corrected chi connectivity index (χ0v) is 18.3. The average molecular weight is 452 g/mol. The highest BCUT2D eigenvalue weighted by Gasteiger charge is 2.36. The smallest absolute Gasteiger partial charge is 0.261 e. The van der Waals surface area contributed by atoms with Crippen LogP contribution in [0.25, 0.3) is 33.1 Å². The number of aromatic nitrogens is 7. The van der Waals surface area contributed by atoms with Gasteiger partial charge < -0.3 is 4.57 Å². The van der Waals surface area contributed by atoms with Gasteiger partial charge in [0.2, 0.25) is 0 Å². The summed E-state index contributed by atoms with van der Waals surface area (Å²) in [6, 6.07) is 11.5. The molecular weight excluding hydrogens is 432 g/mol. The van der Waals surface area contributed by atoms with Crippen LogP contribution >= 0.6 is 0 Å². The van der Waals surface area contributed by atoms with E-state index in [4.69, 9.17) is 5.10 Å². The van der Waals surface area contributed by atoms with Crippen molar-refractivity contribution < 1.29 is 9.59 Å². The maximum absolute atomic E-state index is 13.0. The van der Waals surface area contributed by atoms with Gasteiger partial charge in [-0.15, -0.1) is 0 Å². The number of rotatable bonds is 6. The predicted molar refractivity (Wildman–Crippen MR) is 125 cm³/mol. The minimum Gasteiger partial charge on any atom is -0.350 e. The fraction of sp³-hybridized carbons (Fsp3) is 0.167. The first-order valence-electron chi connectivity index (χ1n) is 10.9. The summed E-state index contributed by atoms with van der Waals surface area (Å²) in [5.74, 6) is -0.875. The molecule has 5 heterocycles. The third-order valence-electron chi connectivity index (χ3n) is 6.06. The average Bonchev–Trinajstić information content (AvgIpc) is 3.61. The molecule has 168 valence electrons. The highest BCUT2D eigenvalue weighted by atomic mass is 16.2. The van der Waals surface area contributed by atoms with Gasteiger partial charge in [-0.1, -0.05) is 18.2 Å². The third-order valence-corrected chi connectivity index (χ3v) is 6.06. The Morgan fingerprint density at radius 1 is 0.971 bits per heavy atom. The first kappa shape index (κ1) is 20.0. The van der Waals surface area contributed by atoms with Crippen LogP contribution in [0.4, 0.5) is 0 Å². The quantitative estimate of drug-likeness (QED) is 0.395. The summed E-state index contributed by atoms with van der Waals surface area (Å²) in [6.45, 7) is 1.24. The van der Waals surface area contributed by atoms with Crippen LogP contribution in [0.1, 0.15) is 17.7 Å². The van der Waals surface area contributed by atoms with Crippen LogP contribution in [0, 0.1) is 0 Å². The van der Waals surface area contributed by atoms with Crippen molar-refractivity contribution >= 4 is 44.9 Å². The molecule has 0 unspecified atom stereocenters. The number of imide groups is 1. The van der Waals surface area contributed by atoms with Gasteiger partial charge in [-0.25, -0.2) is 14.6 Å². The van der Waals surface area contributed by atoms with E-state index in [0.717, 1.165) is 22.7 Å². The van der Waals surface area contributed by atoms with Crippen molar-refractivity contribution in [1.82, 2.24) is 39.4 Å². The van der Waals surface area contributed by atoms with Crippen LogP contribution in [0.2, 0.25) is 0 Å². The van der Waals surface area contributed by atoms with E-state index in [9.17, 15) is 9.59 Å². The molecule has 10 nitrogen and oxygen atoms in total. The highest BCUT2D eigenvalue weighted by Crippen LogP contribution is 2.37. The van der Waals surface area contributed by atoms with Crippen molar-refractivity contribution in [1.29, 1.82) is 0 Å². The molecule has 0 saturated carbocycles. The summed E-state index contributed by atoms with van der Waals surface area (Å²) >= 11 is 0. The molecule has 0 bridgehead atoms. The first-order valence-corrected chi connectivity index (χ1v) is 10.9. The minimum absolute atomic E-state index is 0.273. The fourth-order valence-corrected chi connectivity index (χ4v) is 4.56. The highest BCUT2D eigenvalue weighted by molar-refractivity contribution is 6.50. The van der Waals surface area contributed by atoms with Gasteiger partial charge in [-0.2, -0.15) is 10.2 Å². The zero-order valence-electron chi connectivity index (χ0n) is 18.3. The zero-order chi connectivity index (χ0) is 23.2. The number of amides is 2. The lowest BCUT2D eigenvalue weighted by Crippen LogP contribution is -2.22. The van der Waals surface area contributed by atoms with Crippen LogP contribution in [0.15, 0.2) is 61.4 Å². The number of hydrogen-bond donors (Lipinski definition) is 1. The molecule has 34 heavy (non-hydrogen) atoms. The summed E-state index contributed by atoms with van der Waals surface area (Å²) in [6.07, 6.45) is 7.49. The number of carbonyl (C=O) groups excluding carboxylic acids is 2. The number of para-hydroxylation sites is 1. The van der Waals surface area contributed by atoms with Gasteiger partial charge in [-0.05, 0) is 24.6 Å². The Morgan fingerprint density at radius 3 is 2.65 bits per heavy atom. The van der Waals surface area contributed by atoms with Gasteiger partial charge >= 0.3 is 0 Å². The minimum atomic E-state index is -0.453. The molecule has 1 N–H and O–H groups in total. The Bertz CT molecular complexity index is 1610. The van der Waals surface area contributed by atoms with Crippen molar-refractivity contribution in [3.05, 3.63) is 72.7 Å². The monoisotopic (exact) mass is 452 g/mol. The summed E-state index contributed by atoms with van der Waals surface area (Å²) < 4.78 is 5.49. The summed E-state index contributed by atoms with van der Waals surface area (Å²) in [7, 11) is 1.92. The standard InChI is InChI=1S/C24H20N8O2/c1-30-12-17(15-6-2-3-8-18(15)30)19-20(24(34)28-23(19)33)21-16-7-4-9-26-22(16)32(29-21)11-5-10-31-14-25-13-27-31/h2-4,6-9,12-14H,5,10-11H2,1H3,(H,28,33,34). The normalized spacial score (nSPS) is 14.0. The number of nitrogens with one attached hydrogen (secondary N) is 1. The van der Waals surface area contributed by atoms with Gasteiger partial charge in [-0.3, -0.25) is 19.6 Å². The molecule has 10 heteroatoms. The molecule has 0 saturated heterocycles. The Morgan fingerprint density at radius 2 is 1.79 bits per heavy atom. The van der Waals surface area contributed by atoms with Gasteiger partial charge in [0, 0.05) is 54.4 Å². The topological polar surface area (TPSA) is 113 Å². The van der Waals surface area contributed by atoms with Gasteiger partial charge in [0.05, 0.1) is 11.1 Å². The number of pyridine rings is 1. The van der Waals surface area contributed by atoms with Crippen LogP contribution in [-0.2, 0) is 29.7 Å². The van der Waals surface area contributed by atoms with E-state index in [0.29, 0.717) is 35.6 Å². The van der Waals surface area contributed by atoms with E-state index in [1.807, 2.05) is 48.1 Å². The van der Waals surface area contributed by atoms with Crippen molar-refractivity contribution in [2.24, 2.45) is 7.05 Å². The van der Waals surface area contributed by atoms with Gasteiger partial charge in [0.15, 0.2) is 5.65 Å². The summed E-state index contributed by atoms with van der Waals surface area (Å²) in [5, 5.41) is 13.0. The van der Waals surface area contributed by atoms with Crippen LogP contribution in [0.5, 0.6) is 0 Å². The fourth-order valence-electron chi connectivity index (χ4n) is 4.56. The maximum atomic E-state index is 13.0. The summed E-state index contributed by atoms with van der Waals surface area (Å²) in [5.41, 5.74) is 3.40. The second-order valence-electron chi connectivity index (χ2n) is 8.16. The van der Waals surface area contributed by atoms with E-state index in [2.05, 4.69) is 20.4 Å². The molecule has 0 radical (unpaired) electrons. The Balaban J connectivity index is 1.50. The number of aryl methyl sites for hydroxylation is 3. The molecule has 5 aromatic rings. The number of nitrogens with zero attached hydrogens (tertiary/aromatic N) is 7. The maximum Gasteiger partial charge on any atom is 0.261 e. The summed E-state index contributed by atoms with van der Waals surface area (Å²) in [4.78, 5) is 34.5. The molecule has 1 aromatic carbocycles. The molecule has 0 aliphatic carbocycles. The van der Waals surface area contributed by atoms with Crippen LogP contribution in [-0.4, -0.2) is 45.9 Å². The molecule has 6 rings (SSSR count). The van der Waals surface area contributed by atoms with E-state index < -0.39 is 11.8 Å². The van der Waals surface area contributed by atoms with Crippen molar-refractivity contribution in [3.63, 3.8) is 0 Å². The molecule has 1 aliphatic heterocycles. The largest absolute Gasteiger partial charge is 0.350 e. The first-order chi connectivity index (χ1) is 16.6. The Labute approximate surface area is 193 Å². The second kappa shape index (κ2) is 7.77. The molecule has 4 aromatic heterocycles. The molecule has 2 amide bonds. The SMILES string of the molecule is Cn1cc(C2=C(c3nn(CCCn4cncn4)c4ncccc34)C(=O)NC2=O)c2ccccc21. The van der Waals surface area contributed by atoms with Gasteiger partial charge in [0.1, 0.15) is 18.3 Å². The number of hydrogen-bond acceptors (Lipinski definition) is 6. The van der Waals surface area contributed by atoms with E-state index in [-0.39, 0.29) is 5.57 Å². The second-order valence-corrected chi connectivity index (χ2v) is 8.16. The Hall–Kier alpha value is -4.60. The lowest BCUT2D eigenvalue weighted by atomic mass is 9.98. The number of carbonyl (C=O) groups is 2. The molecule has 0 spiro atoms. The van der Waals surface area contributed by atoms with Crippen LogP contribution in [0.3, 0.4) is 0 Å². The lowest BCUT2D eigenvalue weighted by molar-refractivity contribution is -0.122. The molecule has 0 atom stereocenters. The van der Waals surface area contributed by atoms with Crippen LogP contribution < -0.4 is 5.32 Å². The van der Waals surface area contributed by atoms with E-state index in [1.54, 1.807) is 28.0 Å². The number of fused-ring (bicyclic) bond motifs is 2. The predicted octanol–water partition coefficient (Wildman–Crippen LogP) is 2.17. The van der Waals surface area contributed by atoms with Crippen molar-refractivity contribution in [3.8, 4) is 0 Å².